The molecule has 58 heavy (non-hydrogen) atoms. The van der Waals surface area contributed by atoms with E-state index in [0.717, 1.165) is 17.1 Å². The molecule has 276 valence electrons. The first-order valence-corrected chi connectivity index (χ1v) is 20.2. The van der Waals surface area contributed by atoms with Gasteiger partial charge in [-0.1, -0.05) is 178 Å². The lowest BCUT2D eigenvalue weighted by atomic mass is 9.82. The molecule has 9 aromatic carbocycles. The van der Waals surface area contributed by atoms with Gasteiger partial charge in [0.05, 0.1) is 11.2 Å². The van der Waals surface area contributed by atoms with E-state index in [1.54, 1.807) is 0 Å². The van der Waals surface area contributed by atoms with Gasteiger partial charge in [-0.25, -0.2) is 0 Å². The first-order chi connectivity index (χ1) is 28.5. The summed E-state index contributed by atoms with van der Waals surface area (Å²) in [7, 11) is 2.23. The normalized spacial score (nSPS) is 12.9. The van der Waals surface area contributed by atoms with Crippen LogP contribution in [0.5, 0.6) is 0 Å². The van der Waals surface area contributed by atoms with Crippen molar-refractivity contribution in [3.63, 3.8) is 0 Å². The van der Waals surface area contributed by atoms with Crippen LogP contribution in [0.15, 0.2) is 200 Å². The summed E-state index contributed by atoms with van der Waals surface area (Å²) in [6.07, 6.45) is 0. The molecule has 0 fully saturated rings. The van der Waals surface area contributed by atoms with Gasteiger partial charge in [-0.15, -0.1) is 0 Å². The van der Waals surface area contributed by atoms with Crippen molar-refractivity contribution < 1.29 is 0 Å². The van der Waals surface area contributed by atoms with Gasteiger partial charge >= 0.3 is 0 Å². The molecule has 1 aliphatic carbocycles. The second kappa shape index (κ2) is 13.2. The third kappa shape index (κ3) is 5.18. The van der Waals surface area contributed by atoms with Crippen LogP contribution in [0, 0.1) is 0 Å². The second-order valence-electron chi connectivity index (χ2n) is 16.2. The first kappa shape index (κ1) is 34.1. The lowest BCUT2D eigenvalue weighted by Gasteiger charge is -2.28. The highest BCUT2D eigenvalue weighted by Gasteiger charge is 2.36. The van der Waals surface area contributed by atoms with Crippen molar-refractivity contribution in [1.82, 2.24) is 4.57 Å². The van der Waals surface area contributed by atoms with Crippen LogP contribution >= 0.6 is 0 Å². The molecule has 0 bridgehead atoms. The zero-order valence-electron chi connectivity index (χ0n) is 32.9. The third-order valence-corrected chi connectivity index (χ3v) is 12.6. The van der Waals surface area contributed by atoms with E-state index >= 15 is 0 Å². The molecule has 0 N–H and O–H groups in total. The lowest BCUT2D eigenvalue weighted by Crippen LogP contribution is -2.16. The van der Waals surface area contributed by atoms with Gasteiger partial charge in [0.15, 0.2) is 0 Å². The fourth-order valence-electron chi connectivity index (χ4n) is 9.83. The minimum Gasteiger partial charge on any atom is -0.343 e. The molecule has 0 spiro atoms. The molecular formula is C56H42N2. The molecule has 2 heteroatoms. The van der Waals surface area contributed by atoms with Crippen LogP contribution in [0.25, 0.3) is 77.1 Å². The summed E-state index contributed by atoms with van der Waals surface area (Å²) in [6.45, 7) is 4.73. The van der Waals surface area contributed by atoms with Gasteiger partial charge in [0.1, 0.15) is 0 Å². The number of benzene rings is 9. The smallest absolute Gasteiger partial charge is 0.0575 e. The van der Waals surface area contributed by atoms with E-state index in [1.165, 1.54) is 88.2 Å². The third-order valence-electron chi connectivity index (χ3n) is 12.6. The Balaban J connectivity index is 1.18. The Morgan fingerprint density at radius 1 is 0.397 bits per heavy atom. The fourth-order valence-corrected chi connectivity index (χ4v) is 9.83. The topological polar surface area (TPSA) is 8.17 Å². The summed E-state index contributed by atoms with van der Waals surface area (Å²) in [5, 5.41) is 6.27. The molecule has 1 heterocycles. The van der Waals surface area contributed by atoms with Crippen molar-refractivity contribution in [1.29, 1.82) is 0 Å². The van der Waals surface area contributed by atoms with E-state index < -0.39 is 0 Å². The fraction of sp³-hybridized carbons (Fsp3) is 0.0714. The van der Waals surface area contributed by atoms with Crippen LogP contribution in [0.4, 0.5) is 17.1 Å². The van der Waals surface area contributed by atoms with Gasteiger partial charge < -0.3 is 9.47 Å². The summed E-state index contributed by atoms with van der Waals surface area (Å²) in [5.41, 5.74) is 17.3. The highest BCUT2D eigenvalue weighted by Crippen LogP contribution is 2.52. The maximum atomic E-state index is 2.45. The van der Waals surface area contributed by atoms with E-state index in [1.807, 2.05) is 0 Å². The predicted molar refractivity (Wildman–Crippen MR) is 246 cm³/mol. The Bertz CT molecular complexity index is 3170. The Labute approximate surface area is 339 Å². The molecule has 0 saturated heterocycles. The van der Waals surface area contributed by atoms with Gasteiger partial charge in [-0.3, -0.25) is 0 Å². The summed E-state index contributed by atoms with van der Waals surface area (Å²) < 4.78 is 2.42. The van der Waals surface area contributed by atoms with Crippen molar-refractivity contribution >= 4 is 49.5 Å². The number of rotatable bonds is 6. The molecule has 11 rings (SSSR count). The predicted octanol–water partition coefficient (Wildman–Crippen LogP) is 15.3. The second-order valence-corrected chi connectivity index (χ2v) is 16.2. The van der Waals surface area contributed by atoms with Crippen LogP contribution in [0.2, 0.25) is 0 Å². The molecule has 10 aromatic rings. The van der Waals surface area contributed by atoms with Crippen molar-refractivity contribution in [2.24, 2.45) is 7.05 Å². The molecule has 0 saturated carbocycles. The molecule has 0 amide bonds. The van der Waals surface area contributed by atoms with Gasteiger partial charge in [0.2, 0.25) is 0 Å². The number of anilines is 3. The number of aryl methyl sites for hydroxylation is 1. The zero-order chi connectivity index (χ0) is 39.0. The molecule has 0 radical (unpaired) electrons. The van der Waals surface area contributed by atoms with Crippen LogP contribution in [0.1, 0.15) is 25.0 Å². The molecule has 0 aliphatic heterocycles. The van der Waals surface area contributed by atoms with Gasteiger partial charge in [0.25, 0.3) is 0 Å². The number of hydrogen-bond donors (Lipinski definition) is 0. The maximum Gasteiger partial charge on any atom is 0.0575 e. The Morgan fingerprint density at radius 3 is 1.66 bits per heavy atom. The monoisotopic (exact) mass is 742 g/mol. The molecule has 0 unspecified atom stereocenters. The molecular weight excluding hydrogens is 701 g/mol. The Hall–Kier alpha value is -7.16. The van der Waals surface area contributed by atoms with E-state index in [0.29, 0.717) is 0 Å². The van der Waals surface area contributed by atoms with Gasteiger partial charge in [-0.05, 0) is 97.1 Å². The number of fused-ring (bicyclic) bond motifs is 9. The molecule has 1 aliphatic rings. The standard InChI is InChI=1S/C56H42N2/c1-56(2)50-26-16-15-24-45(50)46-33-31-43(36-51(46)56)58(41-29-27-38(28-30-41)37-17-7-4-8-18-37)42-32-34-47-49(35-42)44-23-13-14-25-48(44)55-53(47)52(39-19-9-5-10-20-39)54(57(55)3)40-21-11-6-12-22-40/h4-36H,1-3H3. The van der Waals surface area contributed by atoms with Crippen molar-refractivity contribution in [3.8, 4) is 44.6 Å². The number of aromatic nitrogens is 1. The average Bonchev–Trinajstić information content (AvgIpc) is 3.72. The number of nitrogens with zero attached hydrogens (tertiary/aromatic N) is 2. The summed E-state index contributed by atoms with van der Waals surface area (Å²) in [4.78, 5) is 2.45. The highest BCUT2D eigenvalue weighted by atomic mass is 15.1. The van der Waals surface area contributed by atoms with Crippen molar-refractivity contribution in [2.75, 3.05) is 4.90 Å². The SMILES string of the molecule is Cn1c(-c2ccccc2)c(-c2ccccc2)c2c3ccc(N(c4ccc(-c5ccccc5)cc4)c4ccc5c(c4)C(C)(C)c4ccccc4-5)cc3c3ccccc3c21. The summed E-state index contributed by atoms with van der Waals surface area (Å²) in [6, 6.07) is 73.6. The zero-order valence-corrected chi connectivity index (χ0v) is 32.9. The van der Waals surface area contributed by atoms with Crippen molar-refractivity contribution in [2.45, 2.75) is 19.3 Å². The minimum atomic E-state index is -0.117. The van der Waals surface area contributed by atoms with Crippen LogP contribution in [-0.4, -0.2) is 4.57 Å². The summed E-state index contributed by atoms with van der Waals surface area (Å²) >= 11 is 0. The first-order valence-electron chi connectivity index (χ1n) is 20.2. The van der Waals surface area contributed by atoms with Crippen molar-refractivity contribution in [3.05, 3.63) is 211 Å². The maximum absolute atomic E-state index is 2.45. The lowest BCUT2D eigenvalue weighted by molar-refractivity contribution is 0.660. The molecule has 0 atom stereocenters. The number of hydrogen-bond acceptors (Lipinski definition) is 1. The van der Waals surface area contributed by atoms with E-state index in [2.05, 4.69) is 231 Å². The average molecular weight is 743 g/mol. The Morgan fingerprint density at radius 2 is 0.931 bits per heavy atom. The minimum absolute atomic E-state index is 0.117. The highest BCUT2D eigenvalue weighted by molar-refractivity contribution is 6.30. The van der Waals surface area contributed by atoms with Crippen LogP contribution in [0.3, 0.4) is 0 Å². The summed E-state index contributed by atoms with van der Waals surface area (Å²) in [5.74, 6) is 0. The van der Waals surface area contributed by atoms with E-state index in [9.17, 15) is 0 Å². The van der Waals surface area contributed by atoms with Crippen LogP contribution in [-0.2, 0) is 12.5 Å². The van der Waals surface area contributed by atoms with Gasteiger partial charge in [-0.2, -0.15) is 0 Å². The van der Waals surface area contributed by atoms with Crippen LogP contribution < -0.4 is 4.90 Å². The molecule has 1 aromatic heterocycles. The molecule has 2 nitrogen and oxygen atoms in total. The quantitative estimate of drug-likeness (QED) is 0.154. The van der Waals surface area contributed by atoms with Gasteiger partial charge in [0, 0.05) is 45.9 Å². The van der Waals surface area contributed by atoms with E-state index in [-0.39, 0.29) is 5.41 Å². The van der Waals surface area contributed by atoms with E-state index in [4.69, 9.17) is 0 Å². The largest absolute Gasteiger partial charge is 0.343 e. The Kier molecular flexibility index (Phi) is 7.78.